The fourth-order valence-corrected chi connectivity index (χ4v) is 4.38. The van der Waals surface area contributed by atoms with Crippen LogP contribution >= 0.6 is 0 Å². The van der Waals surface area contributed by atoms with E-state index in [4.69, 9.17) is 4.74 Å². The Kier molecular flexibility index (Phi) is 4.98. The Labute approximate surface area is 185 Å². The van der Waals surface area contributed by atoms with Crippen LogP contribution in [0.3, 0.4) is 0 Å². The minimum Gasteiger partial charge on any atom is -0.497 e. The zero-order valence-corrected chi connectivity index (χ0v) is 17.5. The number of hydrogen-bond donors (Lipinski definition) is 0. The number of anilines is 2. The van der Waals surface area contributed by atoms with Gasteiger partial charge in [-0.25, -0.2) is 9.29 Å². The highest BCUT2D eigenvalue weighted by Crippen LogP contribution is 2.39. The number of imide groups is 1. The highest BCUT2D eigenvalue weighted by molar-refractivity contribution is 6.46. The minimum absolute atomic E-state index is 0.332. The third-order valence-electron chi connectivity index (χ3n) is 5.90. The van der Waals surface area contributed by atoms with E-state index in [9.17, 15) is 14.0 Å². The van der Waals surface area contributed by atoms with Crippen LogP contribution in [0.2, 0.25) is 0 Å². The molecule has 6 heteroatoms. The standard InChI is InChI=1S/C26H21FN2O3/c1-32-21-14-8-18(9-15-21)23-24(28-16-4-6-17-5-2-3-7-22(17)28)26(31)29(25(23)30)20-12-10-19(27)11-13-20/h2-3,5,7-15H,4,6,16H2,1H3. The number of carbonyl (C=O) groups excluding carboxylic acids is 2. The number of benzene rings is 3. The molecule has 3 aromatic carbocycles. The summed E-state index contributed by atoms with van der Waals surface area (Å²) in [7, 11) is 1.57. The largest absolute Gasteiger partial charge is 0.497 e. The fourth-order valence-electron chi connectivity index (χ4n) is 4.38. The van der Waals surface area contributed by atoms with Gasteiger partial charge < -0.3 is 9.64 Å². The van der Waals surface area contributed by atoms with Gasteiger partial charge in [-0.2, -0.15) is 0 Å². The van der Waals surface area contributed by atoms with Crippen LogP contribution in [0.4, 0.5) is 15.8 Å². The molecule has 0 N–H and O–H groups in total. The first-order valence-corrected chi connectivity index (χ1v) is 10.5. The van der Waals surface area contributed by atoms with Crippen molar-refractivity contribution in [3.8, 4) is 5.75 Å². The predicted octanol–water partition coefficient (Wildman–Crippen LogP) is 4.57. The van der Waals surface area contributed by atoms with Crippen LogP contribution in [0.5, 0.6) is 5.75 Å². The van der Waals surface area contributed by atoms with Gasteiger partial charge in [0.25, 0.3) is 11.8 Å². The summed E-state index contributed by atoms with van der Waals surface area (Å²) in [5.41, 5.74) is 3.72. The molecule has 0 spiro atoms. The average Bonchev–Trinajstić information content (AvgIpc) is 3.09. The first-order chi connectivity index (χ1) is 15.6. The topological polar surface area (TPSA) is 49.9 Å². The van der Waals surface area contributed by atoms with Gasteiger partial charge in [-0.3, -0.25) is 9.59 Å². The Balaban J connectivity index is 1.68. The summed E-state index contributed by atoms with van der Waals surface area (Å²) in [6.45, 7) is 0.627. The van der Waals surface area contributed by atoms with Gasteiger partial charge >= 0.3 is 0 Å². The number of aryl methyl sites for hydroxylation is 1. The number of methoxy groups -OCH3 is 1. The van der Waals surface area contributed by atoms with Gasteiger partial charge in [-0.15, -0.1) is 0 Å². The van der Waals surface area contributed by atoms with Crippen molar-refractivity contribution in [2.45, 2.75) is 12.8 Å². The lowest BCUT2D eigenvalue weighted by atomic mass is 9.98. The molecule has 0 fully saturated rings. The van der Waals surface area contributed by atoms with Crippen molar-refractivity contribution < 1.29 is 18.7 Å². The molecule has 0 aromatic heterocycles. The number of amides is 2. The molecule has 3 aromatic rings. The van der Waals surface area contributed by atoms with Crippen molar-refractivity contribution in [1.82, 2.24) is 0 Å². The lowest BCUT2D eigenvalue weighted by molar-refractivity contribution is -0.120. The van der Waals surface area contributed by atoms with Gasteiger partial charge in [0.15, 0.2) is 0 Å². The van der Waals surface area contributed by atoms with Crippen LogP contribution in [0.25, 0.3) is 5.57 Å². The zero-order chi connectivity index (χ0) is 22.2. The smallest absolute Gasteiger partial charge is 0.282 e. The van der Waals surface area contributed by atoms with Gasteiger partial charge in [0.05, 0.1) is 18.4 Å². The molecule has 5 rings (SSSR count). The Morgan fingerprint density at radius 2 is 1.59 bits per heavy atom. The van der Waals surface area contributed by atoms with E-state index in [2.05, 4.69) is 0 Å². The lowest BCUT2D eigenvalue weighted by Gasteiger charge is -2.32. The Morgan fingerprint density at radius 3 is 2.31 bits per heavy atom. The Morgan fingerprint density at radius 1 is 0.875 bits per heavy atom. The highest BCUT2D eigenvalue weighted by Gasteiger charge is 2.43. The molecule has 0 saturated carbocycles. The molecule has 2 aliphatic heterocycles. The highest BCUT2D eigenvalue weighted by atomic mass is 19.1. The zero-order valence-electron chi connectivity index (χ0n) is 17.5. The minimum atomic E-state index is -0.429. The van der Waals surface area contributed by atoms with Crippen LogP contribution in [-0.2, 0) is 16.0 Å². The van der Waals surface area contributed by atoms with Crippen molar-refractivity contribution in [3.05, 3.63) is 95.4 Å². The number of hydrogen-bond acceptors (Lipinski definition) is 4. The van der Waals surface area contributed by atoms with E-state index >= 15 is 0 Å². The number of halogens is 1. The quantitative estimate of drug-likeness (QED) is 0.571. The molecule has 2 heterocycles. The van der Waals surface area contributed by atoms with E-state index in [0.717, 1.165) is 29.0 Å². The third kappa shape index (κ3) is 3.24. The second-order valence-electron chi connectivity index (χ2n) is 7.76. The summed E-state index contributed by atoms with van der Waals surface area (Å²) in [4.78, 5) is 30.4. The van der Waals surface area contributed by atoms with E-state index in [1.165, 1.54) is 24.3 Å². The third-order valence-corrected chi connectivity index (χ3v) is 5.90. The maximum Gasteiger partial charge on any atom is 0.282 e. The van der Waals surface area contributed by atoms with Gasteiger partial charge in [-0.05, 0) is 66.4 Å². The van der Waals surface area contributed by atoms with E-state index in [-0.39, 0.29) is 0 Å². The molecule has 32 heavy (non-hydrogen) atoms. The van der Waals surface area contributed by atoms with Crippen molar-refractivity contribution in [2.24, 2.45) is 0 Å². The molecule has 0 bridgehead atoms. The molecular formula is C26H21FN2O3. The molecule has 5 nitrogen and oxygen atoms in total. The predicted molar refractivity (Wildman–Crippen MR) is 121 cm³/mol. The maximum atomic E-state index is 13.7. The molecule has 0 atom stereocenters. The number of carbonyl (C=O) groups is 2. The first-order valence-electron chi connectivity index (χ1n) is 10.5. The molecule has 0 aliphatic carbocycles. The maximum absolute atomic E-state index is 13.7. The van der Waals surface area contributed by atoms with Gasteiger partial charge in [0, 0.05) is 12.2 Å². The molecule has 2 amide bonds. The summed E-state index contributed by atoms with van der Waals surface area (Å²) in [5, 5.41) is 0. The van der Waals surface area contributed by atoms with Crippen LogP contribution in [0.15, 0.2) is 78.5 Å². The van der Waals surface area contributed by atoms with Crippen LogP contribution in [-0.4, -0.2) is 25.5 Å². The van der Waals surface area contributed by atoms with Crippen molar-refractivity contribution in [3.63, 3.8) is 0 Å². The van der Waals surface area contributed by atoms with Gasteiger partial charge in [0.1, 0.15) is 17.3 Å². The fraction of sp³-hybridized carbons (Fsp3) is 0.154. The Hall–Kier alpha value is -3.93. The number of para-hydroxylation sites is 1. The van der Waals surface area contributed by atoms with E-state index < -0.39 is 17.6 Å². The summed E-state index contributed by atoms with van der Waals surface area (Å²) >= 11 is 0. The monoisotopic (exact) mass is 428 g/mol. The summed E-state index contributed by atoms with van der Waals surface area (Å²) in [5.74, 6) is -0.610. The van der Waals surface area contributed by atoms with Crippen molar-refractivity contribution >= 4 is 28.8 Å². The molecule has 0 saturated heterocycles. The molecule has 0 radical (unpaired) electrons. The second-order valence-corrected chi connectivity index (χ2v) is 7.76. The number of ether oxygens (including phenoxy) is 1. The molecular weight excluding hydrogens is 407 g/mol. The summed E-state index contributed by atoms with van der Waals surface area (Å²) < 4.78 is 18.7. The summed E-state index contributed by atoms with van der Waals surface area (Å²) in [6.07, 6.45) is 1.79. The van der Waals surface area contributed by atoms with E-state index in [0.29, 0.717) is 34.8 Å². The number of fused-ring (bicyclic) bond motifs is 1. The second kappa shape index (κ2) is 7.96. The molecule has 2 aliphatic rings. The number of rotatable bonds is 4. The van der Waals surface area contributed by atoms with Crippen molar-refractivity contribution in [2.75, 3.05) is 23.5 Å². The first kappa shape index (κ1) is 20.0. The van der Waals surface area contributed by atoms with E-state index in [1.807, 2.05) is 29.2 Å². The summed E-state index contributed by atoms with van der Waals surface area (Å²) in [6, 6.07) is 20.4. The lowest BCUT2D eigenvalue weighted by Crippen LogP contribution is -2.37. The van der Waals surface area contributed by atoms with E-state index in [1.54, 1.807) is 31.4 Å². The SMILES string of the molecule is COc1ccc(C2=C(N3CCCc4ccccc43)C(=O)N(c3ccc(F)cc3)C2=O)cc1. The average molecular weight is 428 g/mol. The van der Waals surface area contributed by atoms with Crippen LogP contribution in [0, 0.1) is 5.82 Å². The van der Waals surface area contributed by atoms with Crippen LogP contribution < -0.4 is 14.5 Å². The van der Waals surface area contributed by atoms with Crippen molar-refractivity contribution in [1.29, 1.82) is 0 Å². The number of nitrogens with zero attached hydrogens (tertiary/aromatic N) is 2. The van der Waals surface area contributed by atoms with Gasteiger partial charge in [-0.1, -0.05) is 30.3 Å². The Bertz CT molecular complexity index is 1230. The molecule has 0 unspecified atom stereocenters. The molecule has 160 valence electrons. The normalized spacial score (nSPS) is 15.9. The van der Waals surface area contributed by atoms with Crippen LogP contribution in [0.1, 0.15) is 17.5 Å². The van der Waals surface area contributed by atoms with Gasteiger partial charge in [0.2, 0.25) is 0 Å².